The number of aromatic nitrogens is 2. The van der Waals surface area contributed by atoms with Crippen LogP contribution in [0.25, 0.3) is 16.9 Å². The normalized spacial score (nSPS) is 13.0. The largest absolute Gasteiger partial charge is 0.454 e. The molecule has 0 radical (unpaired) electrons. The van der Waals surface area contributed by atoms with Crippen molar-refractivity contribution in [1.82, 2.24) is 9.38 Å². The molecular formula is C15H11BrN2O3. The third-order valence-electron chi connectivity index (χ3n) is 3.48. The first-order valence-corrected chi connectivity index (χ1v) is 7.23. The fourth-order valence-corrected chi connectivity index (χ4v) is 2.83. The molecule has 0 unspecified atom stereocenters. The molecule has 3 aromatic rings. The molecule has 5 nitrogen and oxygen atoms in total. The van der Waals surface area contributed by atoms with Crippen molar-refractivity contribution in [3.63, 3.8) is 0 Å². The molecule has 0 saturated heterocycles. The highest BCUT2D eigenvalue weighted by Gasteiger charge is 2.18. The SMILES string of the molecule is OCc1c(-c2ccc3c(c2)OCO3)nc2ccc(Br)cn12. The molecule has 3 heterocycles. The number of imidazole rings is 1. The van der Waals surface area contributed by atoms with Gasteiger partial charge in [-0.2, -0.15) is 0 Å². The topological polar surface area (TPSA) is 56.0 Å². The summed E-state index contributed by atoms with van der Waals surface area (Å²) < 4.78 is 13.5. The second-order valence-corrected chi connectivity index (χ2v) is 5.62. The molecule has 21 heavy (non-hydrogen) atoms. The second-order valence-electron chi connectivity index (χ2n) is 4.71. The standard InChI is InChI=1S/C15H11BrN2O3/c16-10-2-4-14-17-15(11(7-19)18(14)6-10)9-1-3-12-13(5-9)21-8-20-12/h1-6,19H,7-8H2. The maximum atomic E-state index is 9.72. The maximum Gasteiger partial charge on any atom is 0.231 e. The number of fused-ring (bicyclic) bond motifs is 2. The lowest BCUT2D eigenvalue weighted by molar-refractivity contribution is 0.174. The van der Waals surface area contributed by atoms with E-state index in [4.69, 9.17) is 9.47 Å². The van der Waals surface area contributed by atoms with Crippen LogP contribution in [0.4, 0.5) is 0 Å². The Balaban J connectivity index is 1.93. The quantitative estimate of drug-likeness (QED) is 0.774. The summed E-state index contributed by atoms with van der Waals surface area (Å²) in [4.78, 5) is 4.61. The summed E-state index contributed by atoms with van der Waals surface area (Å²) >= 11 is 3.44. The van der Waals surface area contributed by atoms with Crippen LogP contribution in [0.2, 0.25) is 0 Å². The van der Waals surface area contributed by atoms with Gasteiger partial charge in [0.1, 0.15) is 5.65 Å². The third-order valence-corrected chi connectivity index (χ3v) is 3.95. The number of nitrogens with zero attached hydrogens (tertiary/aromatic N) is 2. The first-order chi connectivity index (χ1) is 10.3. The minimum Gasteiger partial charge on any atom is -0.454 e. The van der Waals surface area contributed by atoms with Gasteiger partial charge in [0, 0.05) is 16.2 Å². The van der Waals surface area contributed by atoms with Crippen LogP contribution in [0.5, 0.6) is 11.5 Å². The van der Waals surface area contributed by atoms with E-state index in [-0.39, 0.29) is 13.4 Å². The molecule has 1 aliphatic rings. The van der Waals surface area contributed by atoms with E-state index in [0.717, 1.165) is 32.8 Å². The molecule has 0 fully saturated rings. The van der Waals surface area contributed by atoms with Crippen LogP contribution < -0.4 is 9.47 Å². The monoisotopic (exact) mass is 346 g/mol. The molecule has 1 aliphatic heterocycles. The molecule has 0 atom stereocenters. The van der Waals surface area contributed by atoms with Crippen LogP contribution in [-0.2, 0) is 6.61 Å². The summed E-state index contributed by atoms with van der Waals surface area (Å²) in [6.45, 7) is 0.144. The Kier molecular flexibility index (Phi) is 2.87. The lowest BCUT2D eigenvalue weighted by Crippen LogP contribution is -1.94. The maximum absolute atomic E-state index is 9.72. The molecule has 106 valence electrons. The van der Waals surface area contributed by atoms with E-state index < -0.39 is 0 Å². The van der Waals surface area contributed by atoms with E-state index in [0.29, 0.717) is 5.75 Å². The van der Waals surface area contributed by atoms with Crippen molar-refractivity contribution < 1.29 is 14.6 Å². The number of benzene rings is 1. The van der Waals surface area contributed by atoms with E-state index >= 15 is 0 Å². The average Bonchev–Trinajstić information content (AvgIpc) is 3.09. The van der Waals surface area contributed by atoms with Gasteiger partial charge in [0.2, 0.25) is 6.79 Å². The molecule has 0 aliphatic carbocycles. The van der Waals surface area contributed by atoms with Crippen molar-refractivity contribution in [3.05, 3.63) is 46.7 Å². The summed E-state index contributed by atoms with van der Waals surface area (Å²) in [5, 5.41) is 9.72. The van der Waals surface area contributed by atoms with Crippen molar-refractivity contribution in [1.29, 1.82) is 0 Å². The van der Waals surface area contributed by atoms with Crippen molar-refractivity contribution in [2.24, 2.45) is 0 Å². The van der Waals surface area contributed by atoms with Crippen LogP contribution in [0.1, 0.15) is 5.69 Å². The fraction of sp³-hybridized carbons (Fsp3) is 0.133. The van der Waals surface area contributed by atoms with Crippen molar-refractivity contribution >= 4 is 21.6 Å². The Morgan fingerprint density at radius 3 is 2.90 bits per heavy atom. The van der Waals surface area contributed by atoms with Gasteiger partial charge in [-0.1, -0.05) is 0 Å². The molecule has 0 saturated carbocycles. The fourth-order valence-electron chi connectivity index (χ4n) is 2.49. The van der Waals surface area contributed by atoms with Gasteiger partial charge < -0.3 is 14.6 Å². The highest BCUT2D eigenvalue weighted by molar-refractivity contribution is 9.10. The van der Waals surface area contributed by atoms with Crippen LogP contribution in [-0.4, -0.2) is 21.3 Å². The van der Waals surface area contributed by atoms with Gasteiger partial charge in [0.05, 0.1) is 18.0 Å². The number of ether oxygens (including phenoxy) is 2. The highest BCUT2D eigenvalue weighted by atomic mass is 79.9. The first-order valence-electron chi connectivity index (χ1n) is 6.43. The summed E-state index contributed by atoms with van der Waals surface area (Å²) in [5.41, 5.74) is 3.16. The molecule has 1 aromatic carbocycles. The molecule has 0 amide bonds. The summed E-state index contributed by atoms with van der Waals surface area (Å²) in [5.74, 6) is 1.44. The average molecular weight is 347 g/mol. The molecule has 2 aromatic heterocycles. The van der Waals surface area contributed by atoms with E-state index in [1.54, 1.807) is 0 Å². The number of pyridine rings is 1. The van der Waals surface area contributed by atoms with Gasteiger partial charge in [0.25, 0.3) is 0 Å². The van der Waals surface area contributed by atoms with Crippen LogP contribution in [0.15, 0.2) is 41.0 Å². The zero-order valence-corrected chi connectivity index (χ0v) is 12.5. The predicted molar refractivity (Wildman–Crippen MR) is 80.4 cm³/mol. The van der Waals surface area contributed by atoms with Crippen LogP contribution in [0, 0.1) is 0 Å². The number of hydrogen-bond acceptors (Lipinski definition) is 4. The number of aliphatic hydroxyl groups is 1. The minimum absolute atomic E-state index is 0.0958. The van der Waals surface area contributed by atoms with Gasteiger partial charge in [0.15, 0.2) is 11.5 Å². The van der Waals surface area contributed by atoms with Crippen molar-refractivity contribution in [2.75, 3.05) is 6.79 Å². The highest BCUT2D eigenvalue weighted by Crippen LogP contribution is 2.36. The zero-order valence-electron chi connectivity index (χ0n) is 10.9. The van der Waals surface area contributed by atoms with Gasteiger partial charge >= 0.3 is 0 Å². The number of rotatable bonds is 2. The van der Waals surface area contributed by atoms with E-state index in [1.165, 1.54) is 0 Å². The molecule has 0 spiro atoms. The predicted octanol–water partition coefficient (Wildman–Crippen LogP) is 2.98. The van der Waals surface area contributed by atoms with Gasteiger partial charge in [-0.3, -0.25) is 4.40 Å². The number of halogens is 1. The van der Waals surface area contributed by atoms with Gasteiger partial charge in [-0.15, -0.1) is 0 Å². The lowest BCUT2D eigenvalue weighted by Gasteiger charge is -2.03. The summed E-state index contributed by atoms with van der Waals surface area (Å²) in [6.07, 6.45) is 1.89. The Morgan fingerprint density at radius 1 is 1.19 bits per heavy atom. The summed E-state index contributed by atoms with van der Waals surface area (Å²) in [6, 6.07) is 9.49. The second kappa shape index (κ2) is 4.75. The Morgan fingerprint density at radius 2 is 2.05 bits per heavy atom. The minimum atomic E-state index is -0.0958. The molecule has 6 heteroatoms. The Hall–Kier alpha value is -2.05. The molecule has 1 N–H and O–H groups in total. The van der Waals surface area contributed by atoms with Gasteiger partial charge in [-0.05, 0) is 46.3 Å². The lowest BCUT2D eigenvalue weighted by atomic mass is 10.1. The van der Waals surface area contributed by atoms with Crippen LogP contribution in [0.3, 0.4) is 0 Å². The molecule has 4 rings (SSSR count). The third kappa shape index (κ3) is 1.99. The zero-order chi connectivity index (χ0) is 14.4. The van der Waals surface area contributed by atoms with Crippen molar-refractivity contribution in [2.45, 2.75) is 6.61 Å². The molecule has 0 bridgehead atoms. The first kappa shape index (κ1) is 12.7. The number of hydrogen-bond donors (Lipinski definition) is 1. The molecular weight excluding hydrogens is 336 g/mol. The van der Waals surface area contributed by atoms with Crippen molar-refractivity contribution in [3.8, 4) is 22.8 Å². The van der Waals surface area contributed by atoms with Gasteiger partial charge in [-0.25, -0.2) is 4.98 Å². The van der Waals surface area contributed by atoms with E-state index in [2.05, 4.69) is 20.9 Å². The van der Waals surface area contributed by atoms with Crippen LogP contribution >= 0.6 is 15.9 Å². The smallest absolute Gasteiger partial charge is 0.231 e. The summed E-state index contributed by atoms with van der Waals surface area (Å²) in [7, 11) is 0. The number of aliphatic hydroxyl groups excluding tert-OH is 1. The Labute approximate surface area is 128 Å². The van der Waals surface area contributed by atoms with E-state index in [1.807, 2.05) is 40.9 Å². The Bertz CT molecular complexity index is 844. The van der Waals surface area contributed by atoms with E-state index in [9.17, 15) is 5.11 Å².